The first-order valence-electron chi connectivity index (χ1n) is 7.06. The maximum Gasteiger partial charge on any atom is 0.0200 e. The zero-order valence-electron chi connectivity index (χ0n) is 12.6. The van der Waals surface area contributed by atoms with E-state index in [1.165, 1.54) is 28.7 Å². The van der Waals surface area contributed by atoms with Gasteiger partial charge in [-0.05, 0) is 68.6 Å². The molecule has 2 N–H and O–H groups in total. The van der Waals surface area contributed by atoms with E-state index < -0.39 is 0 Å². The van der Waals surface area contributed by atoms with Crippen molar-refractivity contribution in [1.82, 2.24) is 0 Å². The van der Waals surface area contributed by atoms with Gasteiger partial charge in [0.05, 0.1) is 0 Å². The second-order valence-corrected chi connectivity index (χ2v) is 7.26. The molecule has 0 aromatic heterocycles. The summed E-state index contributed by atoms with van der Waals surface area (Å²) in [6.45, 7) is 11.3. The molecule has 18 heavy (non-hydrogen) atoms. The molecule has 1 heteroatoms. The number of nitrogens with two attached hydrogens (primary N) is 1. The lowest BCUT2D eigenvalue weighted by Crippen LogP contribution is -2.40. The van der Waals surface area contributed by atoms with Crippen molar-refractivity contribution in [2.45, 2.75) is 65.8 Å². The first kappa shape index (κ1) is 13.6. The van der Waals surface area contributed by atoms with E-state index in [1.807, 2.05) is 0 Å². The van der Waals surface area contributed by atoms with E-state index in [2.05, 4.69) is 46.8 Å². The molecule has 100 valence electrons. The Kier molecular flexibility index (Phi) is 3.31. The van der Waals surface area contributed by atoms with E-state index in [0.29, 0.717) is 5.41 Å². The molecule has 1 aromatic carbocycles. The SMILES string of the molecule is Cc1cc(C)c(CC2(N)CCC(C)(C)C2)c(C)c1. The molecule has 1 unspecified atom stereocenters. The van der Waals surface area contributed by atoms with Crippen molar-refractivity contribution < 1.29 is 0 Å². The molecule has 0 aliphatic heterocycles. The second-order valence-electron chi connectivity index (χ2n) is 7.26. The van der Waals surface area contributed by atoms with Crippen LogP contribution < -0.4 is 5.73 Å². The number of rotatable bonds is 2. The fourth-order valence-corrected chi connectivity index (χ4v) is 3.71. The Labute approximate surface area is 112 Å². The standard InChI is InChI=1S/C17H27N/c1-12-8-13(2)15(14(3)9-12)10-17(18)7-6-16(4,5)11-17/h8-9H,6-7,10-11,18H2,1-5H3. The van der Waals surface area contributed by atoms with Gasteiger partial charge in [-0.1, -0.05) is 31.5 Å². The Morgan fingerprint density at radius 3 is 2.06 bits per heavy atom. The van der Waals surface area contributed by atoms with Gasteiger partial charge >= 0.3 is 0 Å². The predicted molar refractivity (Wildman–Crippen MR) is 78.9 cm³/mol. The van der Waals surface area contributed by atoms with Crippen molar-refractivity contribution in [2.75, 3.05) is 0 Å². The summed E-state index contributed by atoms with van der Waals surface area (Å²) in [5.74, 6) is 0. The van der Waals surface area contributed by atoms with Gasteiger partial charge in [0.15, 0.2) is 0 Å². The van der Waals surface area contributed by atoms with Gasteiger partial charge in [-0.2, -0.15) is 0 Å². The number of hydrogen-bond donors (Lipinski definition) is 1. The van der Waals surface area contributed by atoms with E-state index in [4.69, 9.17) is 5.73 Å². The first-order valence-corrected chi connectivity index (χ1v) is 7.06. The molecular formula is C17H27N. The highest BCUT2D eigenvalue weighted by atomic mass is 14.8. The Balaban J connectivity index is 2.25. The van der Waals surface area contributed by atoms with Crippen molar-refractivity contribution in [2.24, 2.45) is 11.1 Å². The molecule has 1 aliphatic carbocycles. The molecule has 1 atom stereocenters. The lowest BCUT2D eigenvalue weighted by molar-refractivity contribution is 0.334. The molecular weight excluding hydrogens is 218 g/mol. The minimum Gasteiger partial charge on any atom is -0.325 e. The van der Waals surface area contributed by atoms with Gasteiger partial charge in [0, 0.05) is 5.54 Å². The maximum atomic E-state index is 6.64. The van der Waals surface area contributed by atoms with Crippen LogP contribution in [0.4, 0.5) is 0 Å². The zero-order chi connectivity index (χ0) is 13.6. The summed E-state index contributed by atoms with van der Waals surface area (Å²) in [5, 5.41) is 0. The monoisotopic (exact) mass is 245 g/mol. The van der Waals surface area contributed by atoms with Crippen LogP contribution in [0.3, 0.4) is 0 Å². The molecule has 0 saturated heterocycles. The van der Waals surface area contributed by atoms with Gasteiger partial charge < -0.3 is 5.73 Å². The summed E-state index contributed by atoms with van der Waals surface area (Å²) in [4.78, 5) is 0. The van der Waals surface area contributed by atoms with Crippen LogP contribution >= 0.6 is 0 Å². The molecule has 1 saturated carbocycles. The van der Waals surface area contributed by atoms with E-state index in [1.54, 1.807) is 0 Å². The van der Waals surface area contributed by atoms with E-state index in [9.17, 15) is 0 Å². The highest BCUT2D eigenvalue weighted by Gasteiger charge is 2.40. The second kappa shape index (κ2) is 4.38. The molecule has 1 nitrogen and oxygen atoms in total. The normalized spacial score (nSPS) is 26.6. The van der Waals surface area contributed by atoms with Crippen molar-refractivity contribution in [3.05, 3.63) is 34.4 Å². The summed E-state index contributed by atoms with van der Waals surface area (Å²) in [7, 11) is 0. The molecule has 1 aliphatic rings. The average molecular weight is 245 g/mol. The largest absolute Gasteiger partial charge is 0.325 e. The minimum absolute atomic E-state index is 0.00821. The summed E-state index contributed by atoms with van der Waals surface area (Å²) < 4.78 is 0. The number of benzene rings is 1. The quantitative estimate of drug-likeness (QED) is 0.835. The smallest absolute Gasteiger partial charge is 0.0200 e. The van der Waals surface area contributed by atoms with Crippen molar-refractivity contribution in [3.63, 3.8) is 0 Å². The summed E-state index contributed by atoms with van der Waals surface area (Å²) >= 11 is 0. The number of hydrogen-bond acceptors (Lipinski definition) is 1. The van der Waals surface area contributed by atoms with Crippen LogP contribution in [0.2, 0.25) is 0 Å². The Morgan fingerprint density at radius 1 is 1.06 bits per heavy atom. The molecule has 1 fully saturated rings. The Bertz CT molecular complexity index is 436. The topological polar surface area (TPSA) is 26.0 Å². The Hall–Kier alpha value is -0.820. The highest BCUT2D eigenvalue weighted by molar-refractivity contribution is 5.38. The fourth-order valence-electron chi connectivity index (χ4n) is 3.71. The third-order valence-corrected chi connectivity index (χ3v) is 4.50. The number of aryl methyl sites for hydroxylation is 3. The molecule has 0 radical (unpaired) electrons. The van der Waals surface area contributed by atoms with Crippen molar-refractivity contribution in [1.29, 1.82) is 0 Å². The molecule has 1 aromatic rings. The van der Waals surface area contributed by atoms with Crippen LogP contribution in [-0.2, 0) is 6.42 Å². The highest BCUT2D eigenvalue weighted by Crippen LogP contribution is 2.44. The summed E-state index contributed by atoms with van der Waals surface area (Å²) in [6, 6.07) is 4.57. The minimum atomic E-state index is 0.00821. The van der Waals surface area contributed by atoms with E-state index in [-0.39, 0.29) is 5.54 Å². The molecule has 0 spiro atoms. The third-order valence-electron chi connectivity index (χ3n) is 4.50. The van der Waals surface area contributed by atoms with Gasteiger partial charge in [0.1, 0.15) is 0 Å². The van der Waals surface area contributed by atoms with Crippen LogP contribution in [0.1, 0.15) is 55.4 Å². The molecule has 0 heterocycles. The van der Waals surface area contributed by atoms with E-state index in [0.717, 1.165) is 19.3 Å². The zero-order valence-corrected chi connectivity index (χ0v) is 12.6. The van der Waals surface area contributed by atoms with Crippen LogP contribution in [0.15, 0.2) is 12.1 Å². The predicted octanol–water partition coefficient (Wildman–Crippen LogP) is 4.06. The fraction of sp³-hybridized carbons (Fsp3) is 0.647. The van der Waals surface area contributed by atoms with Gasteiger partial charge in [-0.3, -0.25) is 0 Å². The molecule has 0 bridgehead atoms. The molecule has 0 amide bonds. The lowest BCUT2D eigenvalue weighted by Gasteiger charge is -2.28. The first-order chi connectivity index (χ1) is 8.21. The van der Waals surface area contributed by atoms with Crippen molar-refractivity contribution >= 4 is 0 Å². The van der Waals surface area contributed by atoms with Crippen LogP contribution in [-0.4, -0.2) is 5.54 Å². The van der Waals surface area contributed by atoms with Crippen LogP contribution in [0, 0.1) is 26.2 Å². The average Bonchev–Trinajstić information content (AvgIpc) is 2.47. The third kappa shape index (κ3) is 2.77. The van der Waals surface area contributed by atoms with E-state index >= 15 is 0 Å². The van der Waals surface area contributed by atoms with Crippen LogP contribution in [0.5, 0.6) is 0 Å². The maximum absolute atomic E-state index is 6.64. The van der Waals surface area contributed by atoms with Gasteiger partial charge in [0.2, 0.25) is 0 Å². The lowest BCUT2D eigenvalue weighted by atomic mass is 9.82. The summed E-state index contributed by atoms with van der Waals surface area (Å²) in [6.07, 6.45) is 4.60. The van der Waals surface area contributed by atoms with Gasteiger partial charge in [-0.15, -0.1) is 0 Å². The molecule has 2 rings (SSSR count). The Morgan fingerprint density at radius 2 is 1.61 bits per heavy atom. The van der Waals surface area contributed by atoms with Gasteiger partial charge in [0.25, 0.3) is 0 Å². The van der Waals surface area contributed by atoms with Crippen LogP contribution in [0.25, 0.3) is 0 Å². The summed E-state index contributed by atoms with van der Waals surface area (Å²) in [5.41, 5.74) is 12.7. The van der Waals surface area contributed by atoms with Gasteiger partial charge in [-0.25, -0.2) is 0 Å². The van der Waals surface area contributed by atoms with Crippen molar-refractivity contribution in [3.8, 4) is 0 Å².